The lowest BCUT2D eigenvalue weighted by molar-refractivity contribution is -0.136. The van der Waals surface area contributed by atoms with E-state index in [9.17, 15) is 13.2 Å². The quantitative estimate of drug-likeness (QED) is 0.795. The van der Waals surface area contributed by atoms with Gasteiger partial charge in [0.1, 0.15) is 11.5 Å². The molecule has 4 N–H and O–H groups in total. The number of nitrogens with one attached hydrogen (secondary N) is 2. The minimum atomic E-state index is -4.46. The minimum Gasteiger partial charge on any atom is -0.368 e. The van der Waals surface area contributed by atoms with Gasteiger partial charge in [-0.15, -0.1) is 0 Å². The average molecular weight is 299 g/mol. The van der Waals surface area contributed by atoms with E-state index in [2.05, 4.69) is 20.3 Å². The van der Waals surface area contributed by atoms with Gasteiger partial charge in [0.2, 0.25) is 5.95 Å². The van der Waals surface area contributed by atoms with Crippen molar-refractivity contribution < 1.29 is 13.2 Å². The zero-order valence-electron chi connectivity index (χ0n) is 11.3. The van der Waals surface area contributed by atoms with Crippen LogP contribution in [0, 0.1) is 0 Å². The summed E-state index contributed by atoms with van der Waals surface area (Å²) in [6.45, 7) is 0. The van der Waals surface area contributed by atoms with Crippen molar-refractivity contribution in [2.75, 3.05) is 11.1 Å². The average Bonchev–Trinajstić information content (AvgIpc) is 2.83. The largest absolute Gasteiger partial charge is 0.418 e. The maximum atomic E-state index is 13.1. The number of hydrogen-bond donors (Lipinski definition) is 3. The molecule has 2 aromatic heterocycles. The highest BCUT2D eigenvalue weighted by molar-refractivity contribution is 5.92. The normalized spacial score (nSPS) is 17.3. The maximum Gasteiger partial charge on any atom is 0.418 e. The van der Waals surface area contributed by atoms with Crippen LogP contribution in [0.1, 0.15) is 37.7 Å². The van der Waals surface area contributed by atoms with Crippen LogP contribution in [0.2, 0.25) is 0 Å². The van der Waals surface area contributed by atoms with E-state index in [0.29, 0.717) is 0 Å². The molecule has 8 heteroatoms. The van der Waals surface area contributed by atoms with Gasteiger partial charge in [0, 0.05) is 12.2 Å². The number of nitrogens with two attached hydrogens (primary N) is 1. The van der Waals surface area contributed by atoms with E-state index < -0.39 is 11.7 Å². The number of nitrogens with zero attached hydrogens (tertiary/aromatic N) is 2. The van der Waals surface area contributed by atoms with Crippen LogP contribution in [-0.2, 0) is 6.18 Å². The van der Waals surface area contributed by atoms with Crippen LogP contribution in [0.3, 0.4) is 0 Å². The highest BCUT2D eigenvalue weighted by Gasteiger charge is 2.35. The Morgan fingerprint density at radius 3 is 2.57 bits per heavy atom. The summed E-state index contributed by atoms with van der Waals surface area (Å²) >= 11 is 0. The second-order valence-corrected chi connectivity index (χ2v) is 5.33. The number of halogens is 3. The molecule has 0 atom stereocenters. The monoisotopic (exact) mass is 299 g/mol. The summed E-state index contributed by atoms with van der Waals surface area (Å²) in [5, 5.41) is 3.07. The molecule has 0 amide bonds. The number of aromatic nitrogens is 3. The summed E-state index contributed by atoms with van der Waals surface area (Å²) < 4.78 is 39.2. The number of fused-ring (bicyclic) bond motifs is 1. The van der Waals surface area contributed by atoms with Crippen molar-refractivity contribution >= 4 is 22.8 Å². The molecule has 0 aromatic carbocycles. The Kier molecular flexibility index (Phi) is 3.38. The van der Waals surface area contributed by atoms with E-state index >= 15 is 0 Å². The van der Waals surface area contributed by atoms with E-state index in [0.717, 1.165) is 38.3 Å². The zero-order chi connectivity index (χ0) is 15.0. The summed E-state index contributed by atoms with van der Waals surface area (Å²) in [5.41, 5.74) is 4.92. The van der Waals surface area contributed by atoms with Crippen molar-refractivity contribution in [2.24, 2.45) is 0 Å². The first-order chi connectivity index (χ1) is 9.95. The topological polar surface area (TPSA) is 79.6 Å². The first kappa shape index (κ1) is 14.0. The Morgan fingerprint density at radius 1 is 1.19 bits per heavy atom. The third-order valence-electron chi connectivity index (χ3n) is 3.80. The number of H-pyrrole nitrogens is 1. The van der Waals surface area contributed by atoms with Gasteiger partial charge >= 0.3 is 6.18 Å². The third kappa shape index (κ3) is 2.74. The van der Waals surface area contributed by atoms with Gasteiger partial charge in [-0.3, -0.25) is 0 Å². The van der Waals surface area contributed by atoms with Gasteiger partial charge in [0.25, 0.3) is 0 Å². The van der Waals surface area contributed by atoms with Crippen molar-refractivity contribution in [2.45, 2.75) is 44.3 Å². The molecule has 0 saturated heterocycles. The maximum absolute atomic E-state index is 13.1. The minimum absolute atomic E-state index is 0.0396. The molecule has 1 saturated carbocycles. The van der Waals surface area contributed by atoms with Gasteiger partial charge < -0.3 is 16.0 Å². The van der Waals surface area contributed by atoms with Crippen molar-refractivity contribution in [1.29, 1.82) is 0 Å². The molecule has 1 fully saturated rings. The first-order valence-electron chi connectivity index (χ1n) is 6.93. The summed E-state index contributed by atoms with van der Waals surface area (Å²) in [7, 11) is 0. The van der Waals surface area contributed by atoms with Crippen molar-refractivity contribution in [3.05, 3.63) is 11.8 Å². The Balaban J connectivity index is 2.04. The molecule has 1 aliphatic carbocycles. The van der Waals surface area contributed by atoms with Crippen molar-refractivity contribution in [1.82, 2.24) is 15.0 Å². The number of rotatable bonds is 2. The van der Waals surface area contributed by atoms with Gasteiger partial charge in [0.05, 0.1) is 10.9 Å². The number of nitrogen functional groups attached to an aromatic ring is 1. The Bertz CT molecular complexity index is 643. The highest BCUT2D eigenvalue weighted by Crippen LogP contribution is 2.38. The molecular weight excluding hydrogens is 283 g/mol. The van der Waals surface area contributed by atoms with Crippen LogP contribution in [0.4, 0.5) is 24.9 Å². The molecule has 0 aliphatic heterocycles. The third-order valence-corrected chi connectivity index (χ3v) is 3.80. The predicted octanol–water partition coefficient (Wildman–Crippen LogP) is 3.30. The van der Waals surface area contributed by atoms with E-state index in [1.165, 1.54) is 0 Å². The Labute approximate surface area is 119 Å². The van der Waals surface area contributed by atoms with Crippen LogP contribution >= 0.6 is 0 Å². The van der Waals surface area contributed by atoms with Gasteiger partial charge in [0.15, 0.2) is 0 Å². The van der Waals surface area contributed by atoms with Gasteiger partial charge in [-0.2, -0.15) is 23.1 Å². The van der Waals surface area contributed by atoms with Crippen LogP contribution in [-0.4, -0.2) is 21.0 Å². The molecule has 3 rings (SSSR count). The number of hydrogen-bond acceptors (Lipinski definition) is 4. The highest BCUT2D eigenvalue weighted by atomic mass is 19.4. The second-order valence-electron chi connectivity index (χ2n) is 5.33. The summed E-state index contributed by atoms with van der Waals surface area (Å²) in [5.74, 6) is 0.120. The van der Waals surface area contributed by atoms with E-state index in [-0.39, 0.29) is 28.8 Å². The lowest BCUT2D eigenvalue weighted by Gasteiger charge is -2.24. The van der Waals surface area contributed by atoms with Crippen LogP contribution in [0.25, 0.3) is 11.0 Å². The van der Waals surface area contributed by atoms with Crippen molar-refractivity contribution in [3.8, 4) is 0 Å². The SMILES string of the molecule is Nc1nc(NC2CCCCC2)c2c(C(F)(F)F)c[nH]c2n1. The number of alkyl halides is 3. The Morgan fingerprint density at radius 2 is 1.90 bits per heavy atom. The molecule has 114 valence electrons. The van der Waals surface area contributed by atoms with Crippen LogP contribution < -0.4 is 11.1 Å². The van der Waals surface area contributed by atoms with Crippen LogP contribution in [0.5, 0.6) is 0 Å². The lowest BCUT2D eigenvalue weighted by atomic mass is 9.95. The summed E-state index contributed by atoms with van der Waals surface area (Å²) in [6, 6.07) is 0.132. The molecule has 0 unspecified atom stereocenters. The lowest BCUT2D eigenvalue weighted by Crippen LogP contribution is -2.23. The van der Waals surface area contributed by atoms with E-state index in [1.54, 1.807) is 0 Å². The fraction of sp³-hybridized carbons (Fsp3) is 0.538. The van der Waals surface area contributed by atoms with Crippen molar-refractivity contribution in [3.63, 3.8) is 0 Å². The Hall–Kier alpha value is -1.99. The molecular formula is C13H16F3N5. The van der Waals surface area contributed by atoms with E-state index in [1.807, 2.05) is 0 Å². The fourth-order valence-corrected chi connectivity index (χ4v) is 2.82. The van der Waals surface area contributed by atoms with E-state index in [4.69, 9.17) is 5.73 Å². The first-order valence-corrected chi connectivity index (χ1v) is 6.93. The zero-order valence-corrected chi connectivity index (χ0v) is 11.3. The molecule has 1 aliphatic rings. The molecule has 0 bridgehead atoms. The van der Waals surface area contributed by atoms with Gasteiger partial charge in [-0.25, -0.2) is 0 Å². The molecule has 0 spiro atoms. The fourth-order valence-electron chi connectivity index (χ4n) is 2.82. The standard InChI is InChI=1S/C13H16F3N5/c14-13(15,16)8-6-18-10-9(8)11(21-12(17)20-10)19-7-4-2-1-3-5-7/h6-7H,1-5H2,(H4,17,18,19,20,21). The molecule has 2 heterocycles. The summed E-state index contributed by atoms with van der Waals surface area (Å²) in [6.07, 6.45) is 1.61. The molecule has 0 radical (unpaired) electrons. The molecule has 21 heavy (non-hydrogen) atoms. The number of anilines is 2. The molecule has 2 aromatic rings. The second kappa shape index (κ2) is 5.09. The number of aromatic amines is 1. The van der Waals surface area contributed by atoms with Gasteiger partial charge in [-0.1, -0.05) is 19.3 Å². The molecule has 5 nitrogen and oxygen atoms in total. The smallest absolute Gasteiger partial charge is 0.368 e. The van der Waals surface area contributed by atoms with Gasteiger partial charge in [-0.05, 0) is 12.8 Å². The van der Waals surface area contributed by atoms with Crippen LogP contribution in [0.15, 0.2) is 6.20 Å². The summed E-state index contributed by atoms with van der Waals surface area (Å²) in [4.78, 5) is 10.3. The predicted molar refractivity (Wildman–Crippen MR) is 73.8 cm³/mol.